The highest BCUT2D eigenvalue weighted by Gasteiger charge is 2.28. The van der Waals surface area contributed by atoms with E-state index >= 15 is 0 Å². The fraction of sp³-hybridized carbons (Fsp3) is 0.182. The number of carbonyl (C=O) groups excluding carboxylic acids is 3. The highest BCUT2D eigenvalue weighted by atomic mass is 35.5. The number of halogens is 2. The Morgan fingerprint density at radius 1 is 1.32 bits per heavy atom. The zero-order chi connectivity index (χ0) is 14.0. The van der Waals surface area contributed by atoms with Crippen LogP contribution in [0.2, 0.25) is 10.0 Å². The Morgan fingerprint density at radius 3 is 2.47 bits per heavy atom. The monoisotopic (exact) mass is 301 g/mol. The van der Waals surface area contributed by atoms with Gasteiger partial charge in [-0.2, -0.15) is 0 Å². The van der Waals surface area contributed by atoms with Gasteiger partial charge in [-0.05, 0) is 17.7 Å². The quantitative estimate of drug-likeness (QED) is 0.821. The van der Waals surface area contributed by atoms with Crippen LogP contribution in [0, 0.1) is 0 Å². The molecule has 0 bridgehead atoms. The minimum absolute atomic E-state index is 0.0868. The molecule has 1 aliphatic heterocycles. The van der Waals surface area contributed by atoms with Crippen LogP contribution in [0.1, 0.15) is 5.56 Å². The number of carbonyl (C=O) groups is 3. The first-order valence-corrected chi connectivity index (χ1v) is 6.06. The molecule has 0 aromatic heterocycles. The van der Waals surface area contributed by atoms with E-state index in [2.05, 4.69) is 5.43 Å². The van der Waals surface area contributed by atoms with E-state index in [0.717, 1.165) is 5.01 Å². The summed E-state index contributed by atoms with van der Waals surface area (Å²) in [6.45, 7) is -0.208. The molecule has 1 aliphatic rings. The molecule has 1 fully saturated rings. The van der Waals surface area contributed by atoms with Crippen LogP contribution in [0.4, 0.5) is 4.79 Å². The van der Waals surface area contributed by atoms with Gasteiger partial charge < -0.3 is 0 Å². The van der Waals surface area contributed by atoms with Crippen LogP contribution in [-0.4, -0.2) is 29.4 Å². The highest BCUT2D eigenvalue weighted by molar-refractivity contribution is 6.36. The van der Waals surface area contributed by atoms with Crippen molar-refractivity contribution in [3.8, 4) is 0 Å². The molecule has 0 spiro atoms. The van der Waals surface area contributed by atoms with Crippen LogP contribution in [0.15, 0.2) is 18.2 Å². The van der Waals surface area contributed by atoms with E-state index in [-0.39, 0.29) is 13.0 Å². The lowest BCUT2D eigenvalue weighted by Crippen LogP contribution is -2.44. The van der Waals surface area contributed by atoms with Crippen molar-refractivity contribution in [2.75, 3.05) is 6.54 Å². The number of nitrogens with zero attached hydrogens (tertiary/aromatic N) is 1. The number of nitrogens with one attached hydrogen (secondary N) is 2. The summed E-state index contributed by atoms with van der Waals surface area (Å²) in [5.74, 6) is -0.957. The van der Waals surface area contributed by atoms with Crippen LogP contribution in [0.3, 0.4) is 0 Å². The van der Waals surface area contributed by atoms with E-state index in [4.69, 9.17) is 23.2 Å². The van der Waals surface area contributed by atoms with E-state index < -0.39 is 17.8 Å². The van der Waals surface area contributed by atoms with Crippen molar-refractivity contribution in [2.24, 2.45) is 0 Å². The van der Waals surface area contributed by atoms with Gasteiger partial charge in [0.05, 0.1) is 6.42 Å². The van der Waals surface area contributed by atoms with Crippen molar-refractivity contribution in [1.29, 1.82) is 0 Å². The van der Waals surface area contributed by atoms with Crippen molar-refractivity contribution in [3.05, 3.63) is 33.8 Å². The van der Waals surface area contributed by atoms with Gasteiger partial charge in [0.1, 0.15) is 6.54 Å². The third-order valence-electron chi connectivity index (χ3n) is 2.45. The fourth-order valence-electron chi connectivity index (χ4n) is 1.58. The summed E-state index contributed by atoms with van der Waals surface area (Å²) >= 11 is 11.9. The number of rotatable bonds is 3. The van der Waals surface area contributed by atoms with Gasteiger partial charge in [-0.25, -0.2) is 9.80 Å². The molecule has 1 heterocycles. The molecule has 4 amide bonds. The lowest BCUT2D eigenvalue weighted by molar-refractivity contribution is -0.124. The van der Waals surface area contributed by atoms with Crippen LogP contribution in [-0.2, 0) is 16.0 Å². The fourth-order valence-corrected chi connectivity index (χ4v) is 2.11. The minimum Gasteiger partial charge on any atom is -0.275 e. The Bertz CT molecular complexity index is 542. The third kappa shape index (κ3) is 3.15. The van der Waals surface area contributed by atoms with Gasteiger partial charge in [-0.1, -0.05) is 29.3 Å². The standard InChI is InChI=1S/C11H9Cl2N3O3/c12-7-2-1-3-8(13)6(7)4-9(17)15-16-5-10(18)14-11(16)19/h1-3H,4-5H2,(H,15,17)(H,14,18,19). The predicted molar refractivity (Wildman–Crippen MR) is 68.6 cm³/mol. The smallest absolute Gasteiger partial charge is 0.275 e. The first-order chi connectivity index (χ1) is 8.97. The van der Waals surface area contributed by atoms with E-state index in [1.54, 1.807) is 18.2 Å². The molecular weight excluding hydrogens is 293 g/mol. The van der Waals surface area contributed by atoms with Crippen LogP contribution < -0.4 is 10.7 Å². The molecule has 19 heavy (non-hydrogen) atoms. The Morgan fingerprint density at radius 2 is 1.95 bits per heavy atom. The van der Waals surface area contributed by atoms with Gasteiger partial charge in [0.15, 0.2) is 0 Å². The summed E-state index contributed by atoms with van der Waals surface area (Å²) < 4.78 is 0. The first kappa shape index (κ1) is 13.6. The van der Waals surface area contributed by atoms with E-state index in [1.165, 1.54) is 0 Å². The SMILES string of the molecule is O=C1CN(NC(=O)Cc2c(Cl)cccc2Cl)C(=O)N1. The van der Waals surface area contributed by atoms with E-state index in [9.17, 15) is 14.4 Å². The third-order valence-corrected chi connectivity index (χ3v) is 3.16. The summed E-state index contributed by atoms with van der Waals surface area (Å²) in [7, 11) is 0. The number of benzene rings is 1. The molecule has 1 aromatic carbocycles. The maximum Gasteiger partial charge on any atom is 0.343 e. The minimum atomic E-state index is -0.663. The molecule has 0 atom stereocenters. The largest absolute Gasteiger partial charge is 0.343 e. The maximum atomic E-state index is 11.8. The molecule has 1 aromatic rings. The van der Waals surface area contributed by atoms with Crippen LogP contribution >= 0.6 is 23.2 Å². The molecule has 0 aliphatic carbocycles. The summed E-state index contributed by atoms with van der Waals surface area (Å²) in [6.07, 6.45) is -0.0868. The molecule has 2 N–H and O–H groups in total. The molecule has 1 saturated heterocycles. The van der Waals surface area contributed by atoms with Gasteiger partial charge in [-0.3, -0.25) is 20.3 Å². The van der Waals surface area contributed by atoms with Crippen molar-refractivity contribution in [2.45, 2.75) is 6.42 Å². The molecule has 0 saturated carbocycles. The second-order valence-corrected chi connectivity index (χ2v) is 4.67. The molecule has 0 unspecified atom stereocenters. The van der Waals surface area contributed by atoms with Gasteiger partial charge in [0.25, 0.3) is 0 Å². The van der Waals surface area contributed by atoms with Gasteiger partial charge in [-0.15, -0.1) is 0 Å². The average Bonchev–Trinajstić information content (AvgIpc) is 2.63. The Hall–Kier alpha value is -1.79. The van der Waals surface area contributed by atoms with Crippen molar-refractivity contribution >= 4 is 41.0 Å². The topological polar surface area (TPSA) is 78.5 Å². The Labute approximate surface area is 118 Å². The van der Waals surface area contributed by atoms with Crippen molar-refractivity contribution < 1.29 is 14.4 Å². The second-order valence-electron chi connectivity index (χ2n) is 3.85. The lowest BCUT2D eigenvalue weighted by atomic mass is 10.1. The number of hydrogen-bond acceptors (Lipinski definition) is 3. The Balaban J connectivity index is 2.02. The molecule has 0 radical (unpaired) electrons. The molecule has 8 heteroatoms. The Kier molecular flexibility index (Phi) is 3.92. The zero-order valence-electron chi connectivity index (χ0n) is 9.57. The summed E-state index contributed by atoms with van der Waals surface area (Å²) in [6, 6.07) is 4.23. The predicted octanol–water partition coefficient (Wildman–Crippen LogP) is 1.12. The van der Waals surface area contributed by atoms with Gasteiger partial charge >= 0.3 is 6.03 Å². The summed E-state index contributed by atoms with van der Waals surface area (Å²) in [4.78, 5) is 33.9. The first-order valence-electron chi connectivity index (χ1n) is 5.31. The summed E-state index contributed by atoms with van der Waals surface area (Å²) in [5, 5.41) is 3.67. The number of urea groups is 1. The lowest BCUT2D eigenvalue weighted by Gasteiger charge is -2.15. The maximum absolute atomic E-state index is 11.8. The molecule has 100 valence electrons. The van der Waals surface area contributed by atoms with E-state index in [0.29, 0.717) is 15.6 Å². The second kappa shape index (κ2) is 5.46. The molecular formula is C11H9Cl2N3O3. The molecule has 2 rings (SSSR count). The number of hydrazine groups is 1. The van der Waals surface area contributed by atoms with Gasteiger partial charge in [0, 0.05) is 10.0 Å². The van der Waals surface area contributed by atoms with Crippen LogP contribution in [0.5, 0.6) is 0 Å². The summed E-state index contributed by atoms with van der Waals surface area (Å²) in [5.41, 5.74) is 2.77. The zero-order valence-corrected chi connectivity index (χ0v) is 11.1. The highest BCUT2D eigenvalue weighted by Crippen LogP contribution is 2.24. The number of hydrogen-bond donors (Lipinski definition) is 2. The molecule has 6 nitrogen and oxygen atoms in total. The number of amides is 4. The van der Waals surface area contributed by atoms with Crippen LogP contribution in [0.25, 0.3) is 0 Å². The normalized spacial score (nSPS) is 14.5. The van der Waals surface area contributed by atoms with E-state index in [1.807, 2.05) is 5.32 Å². The van der Waals surface area contributed by atoms with Gasteiger partial charge in [0.2, 0.25) is 11.8 Å². The number of imide groups is 1. The average molecular weight is 302 g/mol. The van der Waals surface area contributed by atoms with Crippen molar-refractivity contribution in [1.82, 2.24) is 15.8 Å². The van der Waals surface area contributed by atoms with Crippen molar-refractivity contribution in [3.63, 3.8) is 0 Å².